The van der Waals surface area contributed by atoms with Crippen LogP contribution in [0.5, 0.6) is 0 Å². The Balaban J connectivity index is 1.60. The molecule has 0 aliphatic carbocycles. The van der Waals surface area contributed by atoms with E-state index in [-0.39, 0.29) is 12.5 Å². The quantitative estimate of drug-likeness (QED) is 0.781. The van der Waals surface area contributed by atoms with Gasteiger partial charge in [-0.2, -0.15) is 13.2 Å². The highest BCUT2D eigenvalue weighted by atomic mass is 19.4. The number of rotatable bonds is 4. The number of amides is 1. The number of hydrogen-bond acceptors (Lipinski definition) is 4. The lowest BCUT2D eigenvalue weighted by Gasteiger charge is -2.26. The summed E-state index contributed by atoms with van der Waals surface area (Å²) < 4.78 is 38.5. The van der Waals surface area contributed by atoms with Crippen LogP contribution in [-0.4, -0.2) is 27.9 Å². The van der Waals surface area contributed by atoms with Crippen LogP contribution in [0, 0.1) is 0 Å². The van der Waals surface area contributed by atoms with Gasteiger partial charge in [0.1, 0.15) is 0 Å². The van der Waals surface area contributed by atoms with E-state index in [1.807, 2.05) is 5.32 Å². The summed E-state index contributed by atoms with van der Waals surface area (Å²) in [6.07, 6.45) is -1.10. The van der Waals surface area contributed by atoms with Crippen molar-refractivity contribution in [3.05, 3.63) is 71.7 Å². The molecular weight excluding hydrogens is 347 g/mol. The summed E-state index contributed by atoms with van der Waals surface area (Å²) >= 11 is 0. The molecular formula is C18H16F3N3O2. The minimum absolute atomic E-state index is 0.241. The van der Waals surface area contributed by atoms with Crippen molar-refractivity contribution in [1.29, 1.82) is 0 Å². The van der Waals surface area contributed by atoms with Crippen molar-refractivity contribution in [1.82, 2.24) is 15.6 Å². The molecule has 0 spiro atoms. The van der Waals surface area contributed by atoms with Gasteiger partial charge in [-0.15, -0.1) is 0 Å². The van der Waals surface area contributed by atoms with Gasteiger partial charge in [-0.1, -0.05) is 24.3 Å². The van der Waals surface area contributed by atoms with Gasteiger partial charge in [-0.05, 0) is 28.8 Å². The van der Waals surface area contributed by atoms with Crippen molar-refractivity contribution >= 4 is 11.5 Å². The fourth-order valence-electron chi connectivity index (χ4n) is 2.58. The molecule has 0 saturated carbocycles. The summed E-state index contributed by atoms with van der Waals surface area (Å²) in [5, 5.41) is 14.4. The first-order valence-electron chi connectivity index (χ1n) is 7.82. The van der Waals surface area contributed by atoms with Crippen LogP contribution in [0.25, 0.3) is 5.57 Å². The number of alkyl halides is 3. The summed E-state index contributed by atoms with van der Waals surface area (Å²) in [5.74, 6) is -0.241. The highest BCUT2D eigenvalue weighted by Crippen LogP contribution is 2.39. The molecule has 26 heavy (non-hydrogen) atoms. The summed E-state index contributed by atoms with van der Waals surface area (Å²) in [6, 6.07) is 9.94. The van der Waals surface area contributed by atoms with Gasteiger partial charge < -0.3 is 15.7 Å². The predicted octanol–water partition coefficient (Wildman–Crippen LogP) is 2.60. The Labute approximate surface area is 147 Å². The first kappa shape index (κ1) is 17.9. The van der Waals surface area contributed by atoms with Crippen LogP contribution < -0.4 is 10.6 Å². The molecule has 1 atom stereocenters. The fraction of sp³-hybridized carbons (Fsp3) is 0.222. The smallest absolute Gasteiger partial charge is 0.363 e. The zero-order chi connectivity index (χ0) is 18.8. The lowest BCUT2D eigenvalue weighted by Crippen LogP contribution is -2.52. The van der Waals surface area contributed by atoms with Crippen LogP contribution in [-0.2, 0) is 6.54 Å². The van der Waals surface area contributed by atoms with Crippen molar-refractivity contribution < 1.29 is 23.1 Å². The molecule has 1 aliphatic rings. The second-order valence-electron chi connectivity index (χ2n) is 5.96. The van der Waals surface area contributed by atoms with Gasteiger partial charge >= 0.3 is 6.18 Å². The van der Waals surface area contributed by atoms with E-state index < -0.39 is 18.3 Å². The molecule has 3 rings (SSSR count). The molecule has 5 nitrogen and oxygen atoms in total. The van der Waals surface area contributed by atoms with Gasteiger partial charge in [-0.25, -0.2) is 0 Å². The van der Waals surface area contributed by atoms with E-state index in [1.165, 1.54) is 18.6 Å². The molecule has 8 heteroatoms. The molecule has 3 N–H and O–H groups in total. The molecule has 136 valence electrons. The van der Waals surface area contributed by atoms with Crippen LogP contribution in [0.3, 0.4) is 0 Å². The van der Waals surface area contributed by atoms with E-state index in [0.717, 1.165) is 5.56 Å². The number of carbonyl (C=O) groups excluding carboxylic acids is 1. The van der Waals surface area contributed by atoms with Crippen molar-refractivity contribution in [3.63, 3.8) is 0 Å². The Hall–Kier alpha value is -2.87. The van der Waals surface area contributed by atoms with Crippen molar-refractivity contribution in [2.24, 2.45) is 0 Å². The van der Waals surface area contributed by atoms with E-state index in [4.69, 9.17) is 0 Å². The van der Waals surface area contributed by atoms with E-state index in [9.17, 15) is 23.1 Å². The Morgan fingerprint density at radius 2 is 1.85 bits per heavy atom. The number of pyridine rings is 1. The Kier molecular flexibility index (Phi) is 4.69. The number of aliphatic hydroxyl groups is 1. The maximum Gasteiger partial charge on any atom is 0.436 e. The zero-order valence-corrected chi connectivity index (χ0v) is 13.5. The molecule has 2 aromatic rings. The normalized spacial score (nSPS) is 19.6. The van der Waals surface area contributed by atoms with Crippen LogP contribution in [0.1, 0.15) is 27.9 Å². The Morgan fingerprint density at radius 1 is 1.19 bits per heavy atom. The highest BCUT2D eigenvalue weighted by molar-refractivity contribution is 5.93. The molecule has 1 aromatic carbocycles. The zero-order valence-electron chi connectivity index (χ0n) is 13.5. The maximum atomic E-state index is 12.8. The number of nitrogens with zero attached hydrogens (tertiary/aromatic N) is 1. The van der Waals surface area contributed by atoms with Gasteiger partial charge in [0.15, 0.2) is 0 Å². The molecule has 0 radical (unpaired) electrons. The topological polar surface area (TPSA) is 74.2 Å². The summed E-state index contributed by atoms with van der Waals surface area (Å²) in [6.45, 7) is 0.283. The van der Waals surface area contributed by atoms with E-state index in [1.54, 1.807) is 36.4 Å². The van der Waals surface area contributed by atoms with Gasteiger partial charge in [-0.3, -0.25) is 9.78 Å². The van der Waals surface area contributed by atoms with Gasteiger partial charge in [0.05, 0.1) is 0 Å². The van der Waals surface area contributed by atoms with Crippen molar-refractivity contribution in [2.75, 3.05) is 0 Å². The molecule has 0 fully saturated rings. The average Bonchev–Trinajstić information content (AvgIpc) is 3.04. The summed E-state index contributed by atoms with van der Waals surface area (Å²) in [5.41, 5.74) is -0.711. The Morgan fingerprint density at radius 3 is 2.42 bits per heavy atom. The minimum atomic E-state index is -4.76. The number of benzene rings is 1. The first-order valence-corrected chi connectivity index (χ1v) is 7.82. The third kappa shape index (κ3) is 3.70. The average molecular weight is 363 g/mol. The van der Waals surface area contributed by atoms with Crippen LogP contribution in [0.15, 0.2) is 55.0 Å². The van der Waals surface area contributed by atoms with Crippen molar-refractivity contribution in [3.8, 4) is 0 Å². The van der Waals surface area contributed by atoms with Gasteiger partial charge in [0.2, 0.25) is 5.72 Å². The molecule has 1 aliphatic heterocycles. The maximum absolute atomic E-state index is 12.8. The largest absolute Gasteiger partial charge is 0.436 e. The number of aromatic nitrogens is 1. The first-order chi connectivity index (χ1) is 12.3. The third-order valence-electron chi connectivity index (χ3n) is 4.12. The van der Waals surface area contributed by atoms with E-state index in [0.29, 0.717) is 16.7 Å². The fourth-order valence-corrected chi connectivity index (χ4v) is 2.58. The molecule has 1 aromatic heterocycles. The summed E-state index contributed by atoms with van der Waals surface area (Å²) in [4.78, 5) is 15.8. The van der Waals surface area contributed by atoms with E-state index in [2.05, 4.69) is 10.3 Å². The van der Waals surface area contributed by atoms with Gasteiger partial charge in [0.25, 0.3) is 5.91 Å². The Bertz CT molecular complexity index is 820. The predicted molar refractivity (Wildman–Crippen MR) is 88.6 cm³/mol. The van der Waals surface area contributed by atoms with Crippen molar-refractivity contribution in [2.45, 2.75) is 24.9 Å². The monoisotopic (exact) mass is 363 g/mol. The molecule has 1 amide bonds. The standard InChI is InChI=1S/C18H16F3N3O2/c19-18(20,21)17(26)9-15(11-24-17)13-3-1-12(2-4-13)10-23-16(25)14-5-7-22-8-6-14/h1-8,11,24,26H,9-10H2,(H,23,25). The van der Waals surface area contributed by atoms with E-state index >= 15 is 0 Å². The molecule has 1 unspecified atom stereocenters. The second-order valence-corrected chi connectivity index (χ2v) is 5.96. The molecule has 0 saturated heterocycles. The van der Waals surface area contributed by atoms with Gasteiger partial charge in [0, 0.05) is 37.1 Å². The number of hydrogen-bond donors (Lipinski definition) is 3. The third-order valence-corrected chi connectivity index (χ3v) is 4.12. The number of halogens is 3. The van der Waals surface area contributed by atoms with Crippen LogP contribution in [0.2, 0.25) is 0 Å². The lowest BCUT2D eigenvalue weighted by molar-refractivity contribution is -0.263. The summed E-state index contributed by atoms with van der Waals surface area (Å²) in [7, 11) is 0. The number of nitrogens with one attached hydrogen (secondary N) is 2. The highest BCUT2D eigenvalue weighted by Gasteiger charge is 2.55. The van der Waals surface area contributed by atoms with Crippen LogP contribution >= 0.6 is 0 Å². The lowest BCUT2D eigenvalue weighted by atomic mass is 9.99. The SMILES string of the molecule is O=C(NCc1ccc(C2=CNC(O)(C(F)(F)F)C2)cc1)c1ccncc1. The molecule has 0 bridgehead atoms. The minimum Gasteiger partial charge on any atom is -0.363 e. The number of carbonyl (C=O) groups is 1. The van der Waals surface area contributed by atoms with Crippen LogP contribution in [0.4, 0.5) is 13.2 Å². The second kappa shape index (κ2) is 6.80. The molecule has 2 heterocycles.